The summed E-state index contributed by atoms with van der Waals surface area (Å²) in [6.07, 6.45) is 10.2. The van der Waals surface area contributed by atoms with E-state index in [9.17, 15) is 9.90 Å². The molecule has 7 nitrogen and oxygen atoms in total. The molecule has 1 aliphatic carbocycles. The third kappa shape index (κ3) is 6.52. The van der Waals surface area contributed by atoms with Gasteiger partial charge in [-0.2, -0.15) is 0 Å². The van der Waals surface area contributed by atoms with E-state index in [0.717, 1.165) is 64.8 Å². The molecule has 0 radical (unpaired) electrons. The first kappa shape index (κ1) is 22.2. The van der Waals surface area contributed by atoms with Gasteiger partial charge in [0.1, 0.15) is 6.26 Å². The summed E-state index contributed by atoms with van der Waals surface area (Å²) in [5.41, 5.74) is 0.422. The summed E-state index contributed by atoms with van der Waals surface area (Å²) in [6.45, 7) is 7.29. The predicted octanol–water partition coefficient (Wildman–Crippen LogP) is 2.75. The molecule has 2 heterocycles. The molecule has 1 amide bonds. The fourth-order valence-corrected chi connectivity index (χ4v) is 4.45. The molecule has 2 fully saturated rings. The van der Waals surface area contributed by atoms with Crippen LogP contribution in [0.15, 0.2) is 10.7 Å². The molecule has 1 aliphatic heterocycles. The Labute approximate surface area is 175 Å². The summed E-state index contributed by atoms with van der Waals surface area (Å²) in [6, 6.07) is 0.331. The SMILES string of the molecule is CCCCC(O)CN1CCN(Cc2nc(C(=O)N(C)C3CCCCC3)co2)CC1. The Balaban J connectivity index is 1.43. The van der Waals surface area contributed by atoms with Crippen molar-refractivity contribution < 1.29 is 14.3 Å². The molecule has 1 saturated carbocycles. The molecule has 0 aromatic carbocycles. The van der Waals surface area contributed by atoms with Crippen LogP contribution in [0, 0.1) is 0 Å². The van der Waals surface area contributed by atoms with Gasteiger partial charge in [-0.3, -0.25) is 14.6 Å². The van der Waals surface area contributed by atoms with E-state index < -0.39 is 0 Å². The van der Waals surface area contributed by atoms with Crippen LogP contribution in [-0.4, -0.2) is 82.6 Å². The van der Waals surface area contributed by atoms with Crippen molar-refractivity contribution in [2.24, 2.45) is 0 Å². The maximum absolute atomic E-state index is 12.7. The van der Waals surface area contributed by atoms with E-state index in [0.29, 0.717) is 24.2 Å². The smallest absolute Gasteiger partial charge is 0.275 e. The van der Waals surface area contributed by atoms with Gasteiger partial charge in [-0.1, -0.05) is 39.0 Å². The van der Waals surface area contributed by atoms with E-state index in [2.05, 4.69) is 21.7 Å². The highest BCUT2D eigenvalue weighted by Crippen LogP contribution is 2.23. The van der Waals surface area contributed by atoms with Gasteiger partial charge >= 0.3 is 0 Å². The average molecular weight is 407 g/mol. The van der Waals surface area contributed by atoms with Crippen LogP contribution in [-0.2, 0) is 6.54 Å². The van der Waals surface area contributed by atoms with E-state index in [4.69, 9.17) is 4.42 Å². The minimum atomic E-state index is -0.219. The minimum Gasteiger partial charge on any atom is -0.447 e. The highest BCUT2D eigenvalue weighted by Gasteiger charge is 2.26. The Morgan fingerprint density at radius 1 is 1.24 bits per heavy atom. The molecule has 0 bridgehead atoms. The second kappa shape index (κ2) is 11.1. The number of carbonyl (C=O) groups excluding carboxylic acids is 1. The van der Waals surface area contributed by atoms with Crippen molar-refractivity contribution in [3.05, 3.63) is 17.8 Å². The second-order valence-electron chi connectivity index (χ2n) is 8.71. The highest BCUT2D eigenvalue weighted by molar-refractivity contribution is 5.92. The Bertz CT molecular complexity index is 621. The number of carbonyl (C=O) groups is 1. The Morgan fingerprint density at radius 3 is 2.62 bits per heavy atom. The quantitative estimate of drug-likeness (QED) is 0.680. The molecule has 7 heteroatoms. The van der Waals surface area contributed by atoms with Gasteiger partial charge < -0.3 is 14.4 Å². The van der Waals surface area contributed by atoms with Crippen LogP contribution in [0.4, 0.5) is 0 Å². The number of nitrogens with zero attached hydrogens (tertiary/aromatic N) is 4. The topological polar surface area (TPSA) is 73.1 Å². The van der Waals surface area contributed by atoms with E-state index in [1.165, 1.54) is 25.5 Å². The van der Waals surface area contributed by atoms with Crippen molar-refractivity contribution >= 4 is 5.91 Å². The van der Waals surface area contributed by atoms with Gasteiger partial charge in [0.15, 0.2) is 5.69 Å². The van der Waals surface area contributed by atoms with Gasteiger partial charge in [0.2, 0.25) is 5.89 Å². The van der Waals surface area contributed by atoms with Crippen LogP contribution >= 0.6 is 0 Å². The van der Waals surface area contributed by atoms with Gasteiger partial charge in [-0.05, 0) is 19.3 Å². The van der Waals surface area contributed by atoms with Gasteiger partial charge in [-0.25, -0.2) is 4.98 Å². The molecule has 29 heavy (non-hydrogen) atoms. The zero-order valence-electron chi connectivity index (χ0n) is 18.2. The number of β-amino-alcohol motifs (C(OH)–C–C–N with tert-alkyl or cyclic N) is 1. The van der Waals surface area contributed by atoms with E-state index in [1.807, 2.05) is 11.9 Å². The summed E-state index contributed by atoms with van der Waals surface area (Å²) in [4.78, 5) is 23.7. The number of amides is 1. The summed E-state index contributed by atoms with van der Waals surface area (Å²) in [7, 11) is 1.89. The molecule has 1 N–H and O–H groups in total. The van der Waals surface area contributed by atoms with Crippen molar-refractivity contribution in [2.75, 3.05) is 39.8 Å². The van der Waals surface area contributed by atoms with Crippen LogP contribution in [0.5, 0.6) is 0 Å². The Kier molecular flexibility index (Phi) is 8.51. The Morgan fingerprint density at radius 2 is 1.93 bits per heavy atom. The first-order valence-corrected chi connectivity index (χ1v) is 11.4. The molecular formula is C22H38N4O3. The molecule has 0 spiro atoms. The molecule has 1 saturated heterocycles. The fraction of sp³-hybridized carbons (Fsp3) is 0.818. The van der Waals surface area contributed by atoms with Crippen LogP contribution in [0.25, 0.3) is 0 Å². The van der Waals surface area contributed by atoms with Crippen molar-refractivity contribution in [2.45, 2.75) is 77.0 Å². The first-order valence-electron chi connectivity index (χ1n) is 11.4. The fourth-order valence-electron chi connectivity index (χ4n) is 4.45. The van der Waals surface area contributed by atoms with Gasteiger partial charge in [0.05, 0.1) is 12.6 Å². The normalized spacial score (nSPS) is 20.7. The molecule has 3 rings (SSSR count). The third-order valence-corrected chi connectivity index (χ3v) is 6.40. The molecule has 164 valence electrons. The van der Waals surface area contributed by atoms with E-state index in [1.54, 1.807) is 0 Å². The summed E-state index contributed by atoms with van der Waals surface area (Å²) < 4.78 is 5.61. The van der Waals surface area contributed by atoms with Gasteiger partial charge in [-0.15, -0.1) is 0 Å². The summed E-state index contributed by atoms with van der Waals surface area (Å²) >= 11 is 0. The van der Waals surface area contributed by atoms with Crippen molar-refractivity contribution in [3.63, 3.8) is 0 Å². The molecule has 1 aromatic rings. The summed E-state index contributed by atoms with van der Waals surface area (Å²) in [5, 5.41) is 10.1. The molecule has 2 aliphatic rings. The van der Waals surface area contributed by atoms with Gasteiger partial charge in [0.25, 0.3) is 5.91 Å². The van der Waals surface area contributed by atoms with Crippen molar-refractivity contribution in [1.82, 2.24) is 19.7 Å². The first-order chi connectivity index (χ1) is 14.1. The highest BCUT2D eigenvalue weighted by atomic mass is 16.3. The lowest BCUT2D eigenvalue weighted by atomic mass is 9.94. The van der Waals surface area contributed by atoms with Crippen molar-refractivity contribution in [3.8, 4) is 0 Å². The van der Waals surface area contributed by atoms with Gasteiger partial charge in [0, 0.05) is 45.8 Å². The molecule has 1 unspecified atom stereocenters. The maximum Gasteiger partial charge on any atom is 0.275 e. The number of oxazole rings is 1. The molecular weight excluding hydrogens is 368 g/mol. The zero-order chi connectivity index (χ0) is 20.6. The number of hydrogen-bond acceptors (Lipinski definition) is 6. The van der Waals surface area contributed by atoms with E-state index in [-0.39, 0.29) is 12.0 Å². The van der Waals surface area contributed by atoms with Crippen molar-refractivity contribution in [1.29, 1.82) is 0 Å². The second-order valence-corrected chi connectivity index (χ2v) is 8.71. The lowest BCUT2D eigenvalue weighted by Crippen LogP contribution is -2.48. The predicted molar refractivity (Wildman–Crippen MR) is 113 cm³/mol. The van der Waals surface area contributed by atoms with Crippen LogP contribution in [0.1, 0.15) is 74.7 Å². The maximum atomic E-state index is 12.7. The molecule has 1 aromatic heterocycles. The van der Waals surface area contributed by atoms with E-state index >= 15 is 0 Å². The lowest BCUT2D eigenvalue weighted by Gasteiger charge is -2.35. The minimum absolute atomic E-state index is 0.0298. The number of aromatic nitrogens is 1. The standard InChI is InChI=1S/C22H38N4O3/c1-3-4-10-19(27)15-25-11-13-26(14-12-25)16-21-23-20(17-29-21)22(28)24(2)18-8-6-5-7-9-18/h17-19,27H,3-16H2,1-2H3. The van der Waals surface area contributed by atoms with Crippen LogP contribution in [0.2, 0.25) is 0 Å². The number of hydrogen-bond donors (Lipinski definition) is 1. The zero-order valence-corrected chi connectivity index (χ0v) is 18.2. The average Bonchev–Trinajstić information content (AvgIpc) is 3.21. The Hall–Kier alpha value is -1.44. The number of aliphatic hydroxyl groups is 1. The number of rotatable bonds is 9. The molecule has 1 atom stereocenters. The number of unbranched alkanes of at least 4 members (excludes halogenated alkanes) is 1. The van der Waals surface area contributed by atoms with Crippen LogP contribution in [0.3, 0.4) is 0 Å². The van der Waals surface area contributed by atoms with Crippen LogP contribution < -0.4 is 0 Å². The third-order valence-electron chi connectivity index (χ3n) is 6.40. The monoisotopic (exact) mass is 406 g/mol. The largest absolute Gasteiger partial charge is 0.447 e. The number of piperazine rings is 1. The lowest BCUT2D eigenvalue weighted by molar-refractivity contribution is 0.0627. The number of aliphatic hydroxyl groups excluding tert-OH is 1. The summed E-state index contributed by atoms with van der Waals surface area (Å²) in [5.74, 6) is 0.583.